The topological polar surface area (TPSA) is 59.1 Å². The summed E-state index contributed by atoms with van der Waals surface area (Å²) in [5.74, 6) is 0. The van der Waals surface area contributed by atoms with Crippen LogP contribution in [0.3, 0.4) is 0 Å². The molecule has 0 aliphatic rings. The molecule has 22 heavy (non-hydrogen) atoms. The summed E-state index contributed by atoms with van der Waals surface area (Å²) >= 11 is 0. The summed E-state index contributed by atoms with van der Waals surface area (Å²) in [6.45, 7) is 5.85. The molecule has 0 aliphatic carbocycles. The predicted molar refractivity (Wildman–Crippen MR) is 89.9 cm³/mol. The second-order valence-corrected chi connectivity index (χ2v) is 8.04. The maximum atomic E-state index is 12.4. The van der Waals surface area contributed by atoms with Crippen LogP contribution in [0.2, 0.25) is 0 Å². The van der Waals surface area contributed by atoms with E-state index >= 15 is 0 Å². The molecule has 0 saturated carbocycles. The lowest BCUT2D eigenvalue weighted by Gasteiger charge is -2.25. The van der Waals surface area contributed by atoms with Crippen LogP contribution in [-0.2, 0) is 14.8 Å². The normalized spacial score (nSPS) is 12.3. The minimum absolute atomic E-state index is 0.458. The zero-order valence-electron chi connectivity index (χ0n) is 13.2. The Morgan fingerprint density at radius 1 is 1.09 bits per heavy atom. The standard InChI is InChI=1S/C17H22N2O2S/c1-4-11-19-22(20,21)17(2,3)16-9-7-14(8-10-16)15-6-5-12-18-13-15/h5-10,12-13,19H,4,11H2,1-3H3. The Hall–Kier alpha value is -1.72. The third-order valence-corrected chi connectivity index (χ3v) is 5.95. The molecule has 4 nitrogen and oxygen atoms in total. The second kappa shape index (κ2) is 6.58. The van der Waals surface area contributed by atoms with Gasteiger partial charge in [-0.05, 0) is 43.0 Å². The molecule has 0 bridgehead atoms. The first-order chi connectivity index (χ1) is 10.4. The highest BCUT2D eigenvalue weighted by molar-refractivity contribution is 7.90. The lowest BCUT2D eigenvalue weighted by Crippen LogP contribution is -2.39. The van der Waals surface area contributed by atoms with E-state index in [0.717, 1.165) is 23.1 Å². The number of benzene rings is 1. The minimum atomic E-state index is -3.41. The molecule has 0 spiro atoms. The van der Waals surface area contributed by atoms with Gasteiger partial charge in [0.05, 0.1) is 0 Å². The van der Waals surface area contributed by atoms with Crippen molar-refractivity contribution in [2.45, 2.75) is 31.9 Å². The number of sulfonamides is 1. The van der Waals surface area contributed by atoms with Crippen LogP contribution in [0.25, 0.3) is 11.1 Å². The van der Waals surface area contributed by atoms with Crippen LogP contribution >= 0.6 is 0 Å². The average molecular weight is 318 g/mol. The molecule has 0 atom stereocenters. The molecule has 0 amide bonds. The summed E-state index contributed by atoms with van der Waals surface area (Å²) in [4.78, 5) is 4.10. The molecule has 0 aliphatic heterocycles. The quantitative estimate of drug-likeness (QED) is 0.889. The molecular weight excluding hydrogens is 296 g/mol. The SMILES string of the molecule is CCCNS(=O)(=O)C(C)(C)c1ccc(-c2cccnc2)cc1. The smallest absolute Gasteiger partial charge is 0.221 e. The van der Waals surface area contributed by atoms with Crippen molar-refractivity contribution in [3.63, 3.8) is 0 Å². The van der Waals surface area contributed by atoms with Gasteiger partial charge in [0, 0.05) is 18.9 Å². The molecule has 0 saturated heterocycles. The van der Waals surface area contributed by atoms with Gasteiger partial charge in [-0.15, -0.1) is 0 Å². The van der Waals surface area contributed by atoms with Crippen LogP contribution in [0.1, 0.15) is 32.8 Å². The molecule has 0 radical (unpaired) electrons. The molecule has 1 heterocycles. The molecule has 2 rings (SSSR count). The number of hydrogen-bond acceptors (Lipinski definition) is 3. The minimum Gasteiger partial charge on any atom is -0.264 e. The van der Waals surface area contributed by atoms with Crippen LogP contribution in [0.4, 0.5) is 0 Å². The average Bonchev–Trinajstić information content (AvgIpc) is 2.54. The zero-order valence-corrected chi connectivity index (χ0v) is 14.0. The Bertz CT molecular complexity index is 708. The van der Waals surface area contributed by atoms with E-state index in [-0.39, 0.29) is 0 Å². The molecule has 1 N–H and O–H groups in total. The van der Waals surface area contributed by atoms with E-state index in [9.17, 15) is 8.42 Å². The van der Waals surface area contributed by atoms with Crippen molar-refractivity contribution in [2.24, 2.45) is 0 Å². The first-order valence-electron chi connectivity index (χ1n) is 7.38. The van der Waals surface area contributed by atoms with Gasteiger partial charge >= 0.3 is 0 Å². The summed E-state index contributed by atoms with van der Waals surface area (Å²) in [6.07, 6.45) is 4.29. The number of pyridine rings is 1. The van der Waals surface area contributed by atoms with Gasteiger partial charge < -0.3 is 0 Å². The van der Waals surface area contributed by atoms with Crippen molar-refractivity contribution in [2.75, 3.05) is 6.54 Å². The van der Waals surface area contributed by atoms with E-state index in [4.69, 9.17) is 0 Å². The van der Waals surface area contributed by atoms with Gasteiger partial charge in [0.2, 0.25) is 10.0 Å². The van der Waals surface area contributed by atoms with Gasteiger partial charge in [-0.2, -0.15) is 0 Å². The lowest BCUT2D eigenvalue weighted by atomic mass is 9.99. The molecule has 1 aromatic carbocycles. The van der Waals surface area contributed by atoms with Crippen molar-refractivity contribution < 1.29 is 8.42 Å². The first-order valence-corrected chi connectivity index (χ1v) is 8.87. The Kier molecular flexibility index (Phi) is 4.98. The number of nitrogens with zero attached hydrogens (tertiary/aromatic N) is 1. The number of aromatic nitrogens is 1. The summed E-state index contributed by atoms with van der Waals surface area (Å²) in [7, 11) is -3.41. The van der Waals surface area contributed by atoms with E-state index in [1.54, 1.807) is 26.2 Å². The van der Waals surface area contributed by atoms with Crippen LogP contribution < -0.4 is 4.72 Å². The van der Waals surface area contributed by atoms with E-state index in [2.05, 4.69) is 9.71 Å². The Balaban J connectivity index is 2.30. The number of rotatable bonds is 6. The summed E-state index contributed by atoms with van der Waals surface area (Å²) in [5.41, 5.74) is 2.80. The highest BCUT2D eigenvalue weighted by Gasteiger charge is 2.35. The predicted octanol–water partition coefficient (Wildman–Crippen LogP) is 3.31. The Labute approximate surface area is 132 Å². The highest BCUT2D eigenvalue weighted by Crippen LogP contribution is 2.30. The van der Waals surface area contributed by atoms with Gasteiger partial charge in [0.25, 0.3) is 0 Å². The monoisotopic (exact) mass is 318 g/mol. The van der Waals surface area contributed by atoms with E-state index in [0.29, 0.717) is 6.54 Å². The van der Waals surface area contributed by atoms with E-state index in [1.807, 2.05) is 43.3 Å². The third kappa shape index (κ3) is 3.36. The fourth-order valence-electron chi connectivity index (χ4n) is 2.17. The van der Waals surface area contributed by atoms with E-state index < -0.39 is 14.8 Å². The highest BCUT2D eigenvalue weighted by atomic mass is 32.2. The van der Waals surface area contributed by atoms with Crippen molar-refractivity contribution in [1.29, 1.82) is 0 Å². The van der Waals surface area contributed by atoms with Crippen LogP contribution in [0, 0.1) is 0 Å². The lowest BCUT2D eigenvalue weighted by molar-refractivity contribution is 0.539. The van der Waals surface area contributed by atoms with Crippen LogP contribution in [-0.4, -0.2) is 19.9 Å². The largest absolute Gasteiger partial charge is 0.264 e. The third-order valence-electron chi connectivity index (χ3n) is 3.79. The fraction of sp³-hybridized carbons (Fsp3) is 0.353. The molecule has 1 aromatic heterocycles. The van der Waals surface area contributed by atoms with Gasteiger partial charge in [-0.1, -0.05) is 37.3 Å². The van der Waals surface area contributed by atoms with Crippen molar-refractivity contribution >= 4 is 10.0 Å². The molecule has 2 aromatic rings. The maximum Gasteiger partial charge on any atom is 0.221 e. The molecule has 0 fully saturated rings. The van der Waals surface area contributed by atoms with Crippen molar-refractivity contribution in [3.8, 4) is 11.1 Å². The fourth-order valence-corrected chi connectivity index (χ4v) is 3.45. The Morgan fingerprint density at radius 3 is 2.32 bits per heavy atom. The Morgan fingerprint density at radius 2 is 1.77 bits per heavy atom. The summed E-state index contributed by atoms with van der Waals surface area (Å²) < 4.78 is 26.6. The summed E-state index contributed by atoms with van der Waals surface area (Å²) in [5, 5.41) is 0. The van der Waals surface area contributed by atoms with Gasteiger partial charge in [-0.25, -0.2) is 13.1 Å². The number of hydrogen-bond donors (Lipinski definition) is 1. The van der Waals surface area contributed by atoms with Crippen molar-refractivity contribution in [3.05, 3.63) is 54.4 Å². The van der Waals surface area contributed by atoms with Crippen LogP contribution in [0.15, 0.2) is 48.8 Å². The van der Waals surface area contributed by atoms with Gasteiger partial charge in [0.1, 0.15) is 4.75 Å². The van der Waals surface area contributed by atoms with E-state index in [1.165, 1.54) is 0 Å². The molecular formula is C17H22N2O2S. The second-order valence-electron chi connectivity index (χ2n) is 5.73. The molecule has 5 heteroatoms. The first kappa shape index (κ1) is 16.6. The van der Waals surface area contributed by atoms with Gasteiger partial charge in [-0.3, -0.25) is 4.98 Å². The van der Waals surface area contributed by atoms with Gasteiger partial charge in [0.15, 0.2) is 0 Å². The molecule has 0 unspecified atom stereocenters. The van der Waals surface area contributed by atoms with Crippen LogP contribution in [0.5, 0.6) is 0 Å². The maximum absolute atomic E-state index is 12.4. The molecule has 118 valence electrons. The zero-order chi connectivity index (χ0) is 16.2. The number of nitrogens with one attached hydrogen (secondary N) is 1. The summed E-state index contributed by atoms with van der Waals surface area (Å²) in [6, 6.07) is 11.5. The van der Waals surface area contributed by atoms with Crippen molar-refractivity contribution in [1.82, 2.24) is 9.71 Å².